The number of hydrogen-bond donors (Lipinski definition) is 2. The van der Waals surface area contributed by atoms with Crippen LogP contribution in [0.4, 0.5) is 13.2 Å². The first-order chi connectivity index (χ1) is 8.95. The van der Waals surface area contributed by atoms with Gasteiger partial charge >= 0.3 is 6.18 Å². The molecule has 1 aromatic rings. The summed E-state index contributed by atoms with van der Waals surface area (Å²) >= 11 is 0. The van der Waals surface area contributed by atoms with E-state index in [-0.39, 0.29) is 6.42 Å². The molecule has 0 fully saturated rings. The van der Waals surface area contributed by atoms with Gasteiger partial charge in [0.15, 0.2) is 0 Å². The molecule has 106 valence electrons. The molecule has 1 atom stereocenters. The lowest BCUT2D eigenvalue weighted by molar-refractivity contribution is -0.159. The van der Waals surface area contributed by atoms with Crippen LogP contribution in [0.15, 0.2) is 30.3 Å². The zero-order chi connectivity index (χ0) is 14.3. The van der Waals surface area contributed by atoms with Crippen LogP contribution in [0.2, 0.25) is 0 Å². The van der Waals surface area contributed by atoms with Crippen LogP contribution >= 0.6 is 0 Å². The molecule has 0 aliphatic carbocycles. The van der Waals surface area contributed by atoms with Gasteiger partial charge in [0.05, 0.1) is 0 Å². The Morgan fingerprint density at radius 2 is 1.89 bits per heavy atom. The highest BCUT2D eigenvalue weighted by Gasteiger charge is 2.39. The Labute approximate surface area is 110 Å². The third-order valence-corrected chi connectivity index (χ3v) is 2.64. The van der Waals surface area contributed by atoms with Gasteiger partial charge in [-0.15, -0.1) is 0 Å². The van der Waals surface area contributed by atoms with E-state index in [1.807, 2.05) is 6.92 Å². The lowest BCUT2D eigenvalue weighted by Gasteiger charge is -2.21. The van der Waals surface area contributed by atoms with Crippen molar-refractivity contribution >= 4 is 5.91 Å². The highest BCUT2D eigenvalue weighted by molar-refractivity contribution is 5.93. The van der Waals surface area contributed by atoms with E-state index >= 15 is 0 Å². The zero-order valence-corrected chi connectivity index (χ0v) is 10.6. The van der Waals surface area contributed by atoms with Crippen LogP contribution in [0.3, 0.4) is 0 Å². The van der Waals surface area contributed by atoms with Crippen molar-refractivity contribution < 1.29 is 18.0 Å². The summed E-state index contributed by atoms with van der Waals surface area (Å²) in [6, 6.07) is 6.36. The van der Waals surface area contributed by atoms with Crippen LogP contribution < -0.4 is 10.9 Å². The van der Waals surface area contributed by atoms with E-state index in [2.05, 4.69) is 10.9 Å². The van der Waals surface area contributed by atoms with Gasteiger partial charge in [-0.3, -0.25) is 10.2 Å². The summed E-state index contributed by atoms with van der Waals surface area (Å²) in [4.78, 5) is 11.6. The predicted molar refractivity (Wildman–Crippen MR) is 66.4 cm³/mol. The summed E-state index contributed by atoms with van der Waals surface area (Å²) in [5, 5.41) is 0. The number of unbranched alkanes of at least 4 members (excludes halogenated alkanes) is 1. The largest absolute Gasteiger partial charge is 0.405 e. The monoisotopic (exact) mass is 274 g/mol. The third-order valence-electron chi connectivity index (χ3n) is 2.64. The zero-order valence-electron chi connectivity index (χ0n) is 10.6. The number of alkyl halides is 3. The summed E-state index contributed by atoms with van der Waals surface area (Å²) in [6.07, 6.45) is -3.33. The number of rotatable bonds is 6. The molecule has 0 aliphatic heterocycles. The normalized spacial score (nSPS) is 13.1. The molecular weight excluding hydrogens is 257 g/mol. The number of carbonyl (C=O) groups is 1. The molecule has 0 aromatic heterocycles. The quantitative estimate of drug-likeness (QED) is 0.783. The second-order valence-corrected chi connectivity index (χ2v) is 4.20. The molecule has 19 heavy (non-hydrogen) atoms. The number of carbonyl (C=O) groups excluding carboxylic acids is 1. The first-order valence-corrected chi connectivity index (χ1v) is 6.12. The highest BCUT2D eigenvalue weighted by Crippen LogP contribution is 2.23. The van der Waals surface area contributed by atoms with Gasteiger partial charge in [-0.25, -0.2) is 5.43 Å². The van der Waals surface area contributed by atoms with Gasteiger partial charge in [-0.1, -0.05) is 38.0 Å². The van der Waals surface area contributed by atoms with Gasteiger partial charge in [0.2, 0.25) is 0 Å². The van der Waals surface area contributed by atoms with Gasteiger partial charge in [0.25, 0.3) is 5.91 Å². The van der Waals surface area contributed by atoms with Crippen molar-refractivity contribution in [2.75, 3.05) is 0 Å². The van der Waals surface area contributed by atoms with Crippen molar-refractivity contribution in [2.45, 2.75) is 38.4 Å². The Morgan fingerprint density at radius 1 is 1.26 bits per heavy atom. The fraction of sp³-hybridized carbons (Fsp3) is 0.462. The lowest BCUT2D eigenvalue weighted by atomic mass is 10.1. The summed E-state index contributed by atoms with van der Waals surface area (Å²) in [6.45, 7) is 1.82. The van der Waals surface area contributed by atoms with E-state index in [1.54, 1.807) is 18.2 Å². The van der Waals surface area contributed by atoms with E-state index in [0.717, 1.165) is 0 Å². The first kappa shape index (κ1) is 15.5. The second-order valence-electron chi connectivity index (χ2n) is 4.20. The van der Waals surface area contributed by atoms with Gasteiger partial charge in [-0.05, 0) is 18.6 Å². The molecule has 0 bridgehead atoms. The topological polar surface area (TPSA) is 41.1 Å². The van der Waals surface area contributed by atoms with Crippen LogP contribution in [0.5, 0.6) is 0 Å². The molecule has 0 heterocycles. The molecule has 0 saturated carbocycles. The van der Waals surface area contributed by atoms with E-state index in [4.69, 9.17) is 0 Å². The molecule has 3 nitrogen and oxygen atoms in total. The van der Waals surface area contributed by atoms with Gasteiger partial charge < -0.3 is 0 Å². The van der Waals surface area contributed by atoms with E-state index in [9.17, 15) is 18.0 Å². The maximum atomic E-state index is 12.7. The molecule has 0 saturated heterocycles. The first-order valence-electron chi connectivity index (χ1n) is 6.12. The Kier molecular flexibility index (Phi) is 5.82. The SMILES string of the molecule is CCCC[C@@H](NNC(=O)c1ccccc1)C(F)(F)F. The molecule has 0 unspecified atom stereocenters. The molecule has 0 aliphatic rings. The number of hydrazine groups is 1. The minimum Gasteiger partial charge on any atom is -0.287 e. The number of benzene rings is 1. The fourth-order valence-corrected chi connectivity index (χ4v) is 1.54. The molecule has 1 amide bonds. The smallest absolute Gasteiger partial charge is 0.287 e. The number of amides is 1. The van der Waals surface area contributed by atoms with Crippen LogP contribution in [0.25, 0.3) is 0 Å². The molecule has 6 heteroatoms. The van der Waals surface area contributed by atoms with Crippen molar-refractivity contribution in [1.29, 1.82) is 0 Å². The minimum absolute atomic E-state index is 0.0604. The van der Waals surface area contributed by atoms with Crippen molar-refractivity contribution in [1.82, 2.24) is 10.9 Å². The van der Waals surface area contributed by atoms with Crippen LogP contribution in [0, 0.1) is 0 Å². The average Bonchev–Trinajstić information content (AvgIpc) is 2.38. The number of nitrogens with one attached hydrogen (secondary N) is 2. The lowest BCUT2D eigenvalue weighted by Crippen LogP contribution is -2.51. The average molecular weight is 274 g/mol. The van der Waals surface area contributed by atoms with Crippen molar-refractivity contribution in [3.05, 3.63) is 35.9 Å². The number of hydrogen-bond acceptors (Lipinski definition) is 2. The summed E-state index contributed by atoms with van der Waals surface area (Å²) in [7, 11) is 0. The maximum absolute atomic E-state index is 12.7. The Morgan fingerprint density at radius 3 is 2.42 bits per heavy atom. The number of halogens is 3. The molecule has 1 rings (SSSR count). The summed E-state index contributed by atoms with van der Waals surface area (Å²) in [5.41, 5.74) is 4.49. The molecule has 1 aromatic carbocycles. The van der Waals surface area contributed by atoms with Gasteiger partial charge in [0.1, 0.15) is 6.04 Å². The highest BCUT2D eigenvalue weighted by atomic mass is 19.4. The molecule has 0 spiro atoms. The van der Waals surface area contributed by atoms with Crippen molar-refractivity contribution in [3.63, 3.8) is 0 Å². The van der Waals surface area contributed by atoms with E-state index in [0.29, 0.717) is 18.4 Å². The Balaban J connectivity index is 2.54. The molecule has 0 radical (unpaired) electrons. The summed E-state index contributed by atoms with van der Waals surface area (Å²) < 4.78 is 38.0. The second kappa shape index (κ2) is 7.13. The standard InChI is InChI=1S/C13H17F3N2O/c1-2-3-9-11(13(14,15)16)17-18-12(19)10-7-5-4-6-8-10/h4-8,11,17H,2-3,9H2,1H3,(H,18,19)/t11-/m1/s1. The van der Waals surface area contributed by atoms with Gasteiger partial charge in [-0.2, -0.15) is 13.2 Å². The van der Waals surface area contributed by atoms with Crippen LogP contribution in [-0.4, -0.2) is 18.1 Å². The Bertz CT molecular complexity index is 393. The maximum Gasteiger partial charge on any atom is 0.405 e. The third kappa shape index (κ3) is 5.30. The minimum atomic E-state index is -4.38. The van der Waals surface area contributed by atoms with Crippen molar-refractivity contribution in [2.24, 2.45) is 0 Å². The summed E-state index contributed by atoms with van der Waals surface area (Å²) in [5.74, 6) is -0.577. The molecular formula is C13H17F3N2O. The van der Waals surface area contributed by atoms with E-state index in [1.165, 1.54) is 12.1 Å². The van der Waals surface area contributed by atoms with Gasteiger partial charge in [0, 0.05) is 5.56 Å². The van der Waals surface area contributed by atoms with Crippen LogP contribution in [-0.2, 0) is 0 Å². The van der Waals surface area contributed by atoms with Crippen molar-refractivity contribution in [3.8, 4) is 0 Å². The molecule has 2 N–H and O–H groups in total. The van der Waals surface area contributed by atoms with E-state index < -0.39 is 18.1 Å². The fourth-order valence-electron chi connectivity index (χ4n) is 1.54. The Hall–Kier alpha value is -1.56. The predicted octanol–water partition coefficient (Wildman–Crippen LogP) is 3.04. The van der Waals surface area contributed by atoms with Crippen LogP contribution in [0.1, 0.15) is 36.5 Å².